The third-order valence-electron chi connectivity index (χ3n) is 3.12. The van der Waals surface area contributed by atoms with Gasteiger partial charge in [-0.15, -0.1) is 0 Å². The van der Waals surface area contributed by atoms with Crippen molar-refractivity contribution in [3.8, 4) is 0 Å². The minimum absolute atomic E-state index is 0.00211. The quantitative estimate of drug-likeness (QED) is 0.696. The summed E-state index contributed by atoms with van der Waals surface area (Å²) in [5.74, 6) is 1.25. The summed E-state index contributed by atoms with van der Waals surface area (Å²) in [6.45, 7) is 2.01. The minimum atomic E-state index is -0.00211. The third-order valence-corrected chi connectivity index (χ3v) is 4.29. The van der Waals surface area contributed by atoms with E-state index in [1.165, 1.54) is 0 Å². The summed E-state index contributed by atoms with van der Waals surface area (Å²) in [5, 5.41) is 4.03. The molecule has 0 amide bonds. The van der Waals surface area contributed by atoms with E-state index in [1.807, 2.05) is 55.1 Å². The average Bonchev–Trinajstić information content (AvgIpc) is 2.93. The van der Waals surface area contributed by atoms with Gasteiger partial charge in [-0.25, -0.2) is 4.98 Å². The summed E-state index contributed by atoms with van der Waals surface area (Å²) in [6, 6.07) is 9.70. The zero-order valence-electron chi connectivity index (χ0n) is 12.8. The molecule has 3 aromatic rings. The topological polar surface area (TPSA) is 94.5 Å². The molecule has 0 saturated heterocycles. The van der Waals surface area contributed by atoms with E-state index in [1.54, 1.807) is 18.0 Å². The van der Waals surface area contributed by atoms with Gasteiger partial charge in [-0.05, 0) is 19.1 Å². The van der Waals surface area contributed by atoms with Gasteiger partial charge in [-0.3, -0.25) is 0 Å². The lowest BCUT2D eigenvalue weighted by Gasteiger charge is -2.12. The summed E-state index contributed by atoms with van der Waals surface area (Å²) in [4.78, 5) is 17.2. The first kappa shape index (κ1) is 15.3. The number of hydrogen-bond acceptors (Lipinski definition) is 7. The van der Waals surface area contributed by atoms with Gasteiger partial charge in [0.2, 0.25) is 11.9 Å². The van der Waals surface area contributed by atoms with Gasteiger partial charge in [0.25, 0.3) is 0 Å². The molecule has 1 unspecified atom stereocenters. The van der Waals surface area contributed by atoms with Crippen LogP contribution in [-0.4, -0.2) is 24.5 Å². The summed E-state index contributed by atoms with van der Waals surface area (Å²) in [7, 11) is 1.95. The van der Waals surface area contributed by atoms with Gasteiger partial charge in [0, 0.05) is 25.1 Å². The Morgan fingerprint density at radius 1 is 1.17 bits per heavy atom. The molecule has 0 saturated carbocycles. The number of benzene rings is 1. The molecule has 0 radical (unpaired) electrons. The van der Waals surface area contributed by atoms with Crippen molar-refractivity contribution in [1.82, 2.24) is 24.5 Å². The van der Waals surface area contributed by atoms with Crippen molar-refractivity contribution in [3.05, 3.63) is 48.5 Å². The van der Waals surface area contributed by atoms with Crippen molar-refractivity contribution in [1.29, 1.82) is 0 Å². The predicted molar refractivity (Wildman–Crippen MR) is 91.4 cm³/mol. The summed E-state index contributed by atoms with van der Waals surface area (Å²) in [6.07, 6.45) is 3.67. The second-order valence-corrected chi connectivity index (χ2v) is 6.26. The second kappa shape index (κ2) is 6.66. The lowest BCUT2D eigenvalue weighted by molar-refractivity contribution is 0.782. The highest BCUT2D eigenvalue weighted by atomic mass is 32.2. The molecule has 0 aliphatic heterocycles. The number of para-hydroxylation sites is 1. The number of hydrogen-bond donors (Lipinski definition) is 2. The lowest BCUT2D eigenvalue weighted by atomic mass is 10.3. The van der Waals surface area contributed by atoms with Crippen molar-refractivity contribution < 1.29 is 0 Å². The van der Waals surface area contributed by atoms with E-state index in [0.29, 0.717) is 11.8 Å². The van der Waals surface area contributed by atoms with E-state index in [4.69, 9.17) is 5.73 Å². The Labute approximate surface area is 138 Å². The van der Waals surface area contributed by atoms with Crippen LogP contribution in [0.1, 0.15) is 18.0 Å². The van der Waals surface area contributed by atoms with Gasteiger partial charge in [0.15, 0.2) is 5.16 Å². The number of nitrogens with two attached hydrogens (primary N) is 1. The van der Waals surface area contributed by atoms with Gasteiger partial charge >= 0.3 is 0 Å². The van der Waals surface area contributed by atoms with E-state index in [9.17, 15) is 0 Å². The van der Waals surface area contributed by atoms with Crippen LogP contribution in [0.15, 0.2) is 47.9 Å². The second-order valence-electron chi connectivity index (χ2n) is 4.95. The van der Waals surface area contributed by atoms with Crippen molar-refractivity contribution >= 4 is 29.3 Å². The molecule has 118 valence electrons. The number of nitrogen functional groups attached to an aromatic ring is 1. The zero-order valence-corrected chi connectivity index (χ0v) is 13.7. The molecule has 0 fully saturated rings. The van der Waals surface area contributed by atoms with Gasteiger partial charge in [0.05, 0.1) is 5.25 Å². The standard InChI is InChI=1S/C15H17N7S/c1-10(23-15-17-8-9-22(15)2)12-19-13(16)21-14(20-12)18-11-6-4-3-5-7-11/h3-10H,1-2H3,(H3,16,18,19,20,21). The van der Waals surface area contributed by atoms with Gasteiger partial charge in [-0.1, -0.05) is 30.0 Å². The molecule has 0 aliphatic carbocycles. The van der Waals surface area contributed by atoms with Crippen LogP contribution in [0, 0.1) is 0 Å². The van der Waals surface area contributed by atoms with Gasteiger partial charge in [-0.2, -0.15) is 15.0 Å². The van der Waals surface area contributed by atoms with Crippen LogP contribution in [0.5, 0.6) is 0 Å². The first-order chi connectivity index (χ1) is 11.1. The monoisotopic (exact) mass is 327 g/mol. The number of anilines is 3. The Kier molecular flexibility index (Phi) is 4.42. The number of nitrogens with zero attached hydrogens (tertiary/aromatic N) is 5. The molecule has 0 spiro atoms. The number of rotatable bonds is 5. The maximum atomic E-state index is 5.82. The molecule has 8 heteroatoms. The largest absolute Gasteiger partial charge is 0.368 e. The third kappa shape index (κ3) is 3.78. The first-order valence-corrected chi connectivity index (χ1v) is 7.97. The molecule has 1 atom stereocenters. The summed E-state index contributed by atoms with van der Waals surface area (Å²) < 4.78 is 1.95. The van der Waals surface area contributed by atoms with E-state index in [2.05, 4.69) is 25.3 Å². The summed E-state index contributed by atoms with van der Waals surface area (Å²) in [5.41, 5.74) is 6.72. The van der Waals surface area contributed by atoms with E-state index < -0.39 is 0 Å². The van der Waals surface area contributed by atoms with E-state index >= 15 is 0 Å². The van der Waals surface area contributed by atoms with Gasteiger partial charge in [0.1, 0.15) is 5.82 Å². The highest BCUT2D eigenvalue weighted by Gasteiger charge is 2.15. The van der Waals surface area contributed by atoms with Gasteiger partial charge < -0.3 is 15.6 Å². The fourth-order valence-corrected chi connectivity index (χ4v) is 2.85. The fourth-order valence-electron chi connectivity index (χ4n) is 1.97. The Hall–Kier alpha value is -2.61. The van der Waals surface area contributed by atoms with E-state index in [0.717, 1.165) is 10.8 Å². The van der Waals surface area contributed by atoms with Crippen LogP contribution in [0.3, 0.4) is 0 Å². The number of nitrogens with one attached hydrogen (secondary N) is 1. The van der Waals surface area contributed by atoms with Crippen molar-refractivity contribution in [2.24, 2.45) is 7.05 Å². The number of thioether (sulfide) groups is 1. The van der Waals surface area contributed by atoms with Crippen LogP contribution >= 0.6 is 11.8 Å². The Morgan fingerprint density at radius 2 is 1.96 bits per heavy atom. The normalized spacial score (nSPS) is 12.1. The molecule has 23 heavy (non-hydrogen) atoms. The number of aryl methyl sites for hydroxylation is 1. The molecule has 3 N–H and O–H groups in total. The van der Waals surface area contributed by atoms with Crippen LogP contribution in [0.4, 0.5) is 17.6 Å². The molecule has 0 aliphatic rings. The fraction of sp³-hybridized carbons (Fsp3) is 0.200. The number of imidazole rings is 1. The van der Waals surface area contributed by atoms with Crippen LogP contribution in [-0.2, 0) is 7.05 Å². The zero-order chi connectivity index (χ0) is 16.2. The SMILES string of the molecule is CC(Sc1nccn1C)c1nc(N)nc(Nc2ccccc2)n1. The van der Waals surface area contributed by atoms with Crippen molar-refractivity contribution in [3.63, 3.8) is 0 Å². The molecular weight excluding hydrogens is 310 g/mol. The Morgan fingerprint density at radius 3 is 2.65 bits per heavy atom. The molecule has 0 bridgehead atoms. The van der Waals surface area contributed by atoms with Crippen molar-refractivity contribution in [2.75, 3.05) is 11.1 Å². The maximum Gasteiger partial charge on any atom is 0.232 e. The highest BCUT2D eigenvalue weighted by molar-refractivity contribution is 7.99. The Balaban J connectivity index is 1.81. The Bertz CT molecular complexity index is 788. The highest BCUT2D eigenvalue weighted by Crippen LogP contribution is 2.32. The average molecular weight is 327 g/mol. The number of aromatic nitrogens is 5. The van der Waals surface area contributed by atoms with Crippen molar-refractivity contribution in [2.45, 2.75) is 17.3 Å². The first-order valence-electron chi connectivity index (χ1n) is 7.09. The maximum absolute atomic E-state index is 5.82. The molecule has 2 aromatic heterocycles. The molecule has 7 nitrogen and oxygen atoms in total. The molecule has 3 rings (SSSR count). The molecule has 2 heterocycles. The predicted octanol–water partition coefficient (Wildman–Crippen LogP) is 2.78. The van der Waals surface area contributed by atoms with Crippen LogP contribution < -0.4 is 11.1 Å². The molecular formula is C15H17N7S. The smallest absolute Gasteiger partial charge is 0.232 e. The van der Waals surface area contributed by atoms with Crippen LogP contribution in [0.2, 0.25) is 0 Å². The lowest BCUT2D eigenvalue weighted by Crippen LogP contribution is -2.08. The van der Waals surface area contributed by atoms with Crippen LogP contribution in [0.25, 0.3) is 0 Å². The van der Waals surface area contributed by atoms with E-state index in [-0.39, 0.29) is 11.2 Å². The summed E-state index contributed by atoms with van der Waals surface area (Å²) >= 11 is 1.57. The minimum Gasteiger partial charge on any atom is -0.368 e. The molecule has 1 aromatic carbocycles.